The largest absolute Gasteiger partial charge is 0.481 e. The number of benzene rings is 1. The minimum Gasteiger partial charge on any atom is -0.481 e. The summed E-state index contributed by atoms with van der Waals surface area (Å²) in [4.78, 5) is 25.1. The molecule has 0 aromatic heterocycles. The van der Waals surface area contributed by atoms with Crippen molar-refractivity contribution in [3.05, 3.63) is 35.4 Å². The number of hydrogen-bond donors (Lipinski definition) is 1. The molecule has 2 unspecified atom stereocenters. The molecule has 2 atom stereocenters. The lowest BCUT2D eigenvalue weighted by Crippen LogP contribution is -2.46. The van der Waals surface area contributed by atoms with Gasteiger partial charge in [0.1, 0.15) is 11.6 Å². The van der Waals surface area contributed by atoms with E-state index in [-0.39, 0.29) is 30.4 Å². The molecule has 2 fully saturated rings. The van der Waals surface area contributed by atoms with Crippen molar-refractivity contribution in [3.63, 3.8) is 0 Å². The van der Waals surface area contributed by atoms with Crippen LogP contribution >= 0.6 is 0 Å². The molecule has 4 nitrogen and oxygen atoms in total. The molecule has 0 radical (unpaired) electrons. The summed E-state index contributed by atoms with van der Waals surface area (Å²) in [5, 5.41) is 9.39. The van der Waals surface area contributed by atoms with Gasteiger partial charge in [-0.1, -0.05) is 0 Å². The van der Waals surface area contributed by atoms with Crippen molar-refractivity contribution in [2.45, 2.75) is 37.8 Å². The molecule has 1 aliphatic heterocycles. The fourth-order valence-electron chi connectivity index (χ4n) is 3.10. The molecule has 1 aromatic carbocycles. The van der Waals surface area contributed by atoms with Crippen molar-refractivity contribution < 1.29 is 23.5 Å². The van der Waals surface area contributed by atoms with Gasteiger partial charge in [0.25, 0.3) is 0 Å². The van der Waals surface area contributed by atoms with Crippen LogP contribution in [0.2, 0.25) is 0 Å². The molecule has 6 heteroatoms. The van der Waals surface area contributed by atoms with Crippen molar-refractivity contribution in [1.82, 2.24) is 4.90 Å². The molecule has 1 heterocycles. The second-order valence-electron chi connectivity index (χ2n) is 5.66. The van der Waals surface area contributed by atoms with Gasteiger partial charge in [-0.05, 0) is 37.0 Å². The third-order valence-corrected chi connectivity index (χ3v) is 4.12. The van der Waals surface area contributed by atoms with Gasteiger partial charge < -0.3 is 10.0 Å². The summed E-state index contributed by atoms with van der Waals surface area (Å²) in [5.41, 5.74) is 0.222. The van der Waals surface area contributed by atoms with E-state index < -0.39 is 29.6 Å². The van der Waals surface area contributed by atoms with Crippen molar-refractivity contribution in [1.29, 1.82) is 0 Å². The molecule has 1 aliphatic carbocycles. The lowest BCUT2D eigenvalue weighted by molar-refractivity contribution is -0.152. The van der Waals surface area contributed by atoms with E-state index in [1.165, 1.54) is 4.90 Å². The number of carbonyl (C=O) groups excluding carboxylic acids is 1. The third-order valence-electron chi connectivity index (χ3n) is 4.12. The van der Waals surface area contributed by atoms with Gasteiger partial charge in [0.05, 0.1) is 12.0 Å². The zero-order valence-electron chi connectivity index (χ0n) is 11.3. The molecule has 1 N–H and O–H groups in total. The number of likely N-dealkylation sites (tertiary alicyclic amines) is 1. The Balaban J connectivity index is 2.05. The summed E-state index contributed by atoms with van der Waals surface area (Å²) in [6.07, 6.45) is 1.99. The Morgan fingerprint density at radius 2 is 1.76 bits per heavy atom. The number of nitrogens with zero attached hydrogens (tertiary/aromatic N) is 1. The summed E-state index contributed by atoms with van der Waals surface area (Å²) in [6, 6.07) is 2.19. The van der Waals surface area contributed by atoms with Gasteiger partial charge in [-0.2, -0.15) is 0 Å². The number of carboxylic acid groups (broad SMARTS) is 1. The number of hydrogen-bond acceptors (Lipinski definition) is 2. The van der Waals surface area contributed by atoms with E-state index >= 15 is 0 Å². The normalized spacial score (nSPS) is 26.0. The number of rotatable bonds is 3. The Bertz CT molecular complexity index is 580. The monoisotopic (exact) mass is 295 g/mol. The standard InChI is InChI=1S/C15H15F2NO3/c16-9-5-8(6-10(17)7-9)14-12(15(20)21)3-4-13(19)18(14)11-1-2-11/h5-7,11-12,14H,1-4H2,(H,20,21). The molecule has 112 valence electrons. The summed E-state index contributed by atoms with van der Waals surface area (Å²) in [7, 11) is 0. The fraction of sp³-hybridized carbons (Fsp3) is 0.467. The van der Waals surface area contributed by atoms with Gasteiger partial charge in [0.15, 0.2) is 0 Å². The Labute approximate surface area is 120 Å². The second-order valence-corrected chi connectivity index (χ2v) is 5.66. The SMILES string of the molecule is O=C(O)C1CCC(=O)N(C2CC2)C1c1cc(F)cc(F)c1. The number of carbonyl (C=O) groups is 2. The maximum absolute atomic E-state index is 13.5. The Hall–Kier alpha value is -1.98. The molecule has 1 saturated heterocycles. The fourth-order valence-corrected chi connectivity index (χ4v) is 3.10. The first-order valence-corrected chi connectivity index (χ1v) is 6.97. The molecule has 0 bridgehead atoms. The van der Waals surface area contributed by atoms with Crippen LogP contribution in [0.15, 0.2) is 18.2 Å². The maximum Gasteiger partial charge on any atom is 0.308 e. The van der Waals surface area contributed by atoms with Crippen LogP contribution in [0.25, 0.3) is 0 Å². The minimum atomic E-state index is -1.04. The number of amides is 1. The molecule has 2 aliphatic rings. The van der Waals surface area contributed by atoms with Crippen LogP contribution in [0.1, 0.15) is 37.3 Å². The van der Waals surface area contributed by atoms with Crippen LogP contribution in [0.4, 0.5) is 8.78 Å². The molecule has 3 rings (SSSR count). The zero-order chi connectivity index (χ0) is 15.1. The quantitative estimate of drug-likeness (QED) is 0.932. The predicted octanol–water partition coefficient (Wildman–Crippen LogP) is 2.49. The van der Waals surface area contributed by atoms with Crippen LogP contribution in [0.3, 0.4) is 0 Å². The van der Waals surface area contributed by atoms with E-state index in [4.69, 9.17) is 0 Å². The van der Waals surface area contributed by atoms with Crippen molar-refractivity contribution in [3.8, 4) is 0 Å². The number of carboxylic acids is 1. The average molecular weight is 295 g/mol. The summed E-state index contributed by atoms with van der Waals surface area (Å²) in [5.74, 6) is -3.53. The van der Waals surface area contributed by atoms with Crippen LogP contribution < -0.4 is 0 Å². The average Bonchev–Trinajstić information content (AvgIpc) is 3.20. The summed E-state index contributed by atoms with van der Waals surface area (Å²) >= 11 is 0. The van der Waals surface area contributed by atoms with Crippen LogP contribution in [0, 0.1) is 17.6 Å². The van der Waals surface area contributed by atoms with Crippen LogP contribution in [-0.4, -0.2) is 27.9 Å². The molecule has 0 spiro atoms. The van der Waals surface area contributed by atoms with E-state index in [0.717, 1.165) is 31.0 Å². The third kappa shape index (κ3) is 2.62. The Morgan fingerprint density at radius 3 is 2.29 bits per heavy atom. The first-order chi connectivity index (χ1) is 9.97. The molecule has 21 heavy (non-hydrogen) atoms. The second kappa shape index (κ2) is 5.09. The lowest BCUT2D eigenvalue weighted by Gasteiger charge is -2.40. The van der Waals surface area contributed by atoms with Crippen molar-refractivity contribution in [2.75, 3.05) is 0 Å². The van der Waals surface area contributed by atoms with Crippen LogP contribution in [0.5, 0.6) is 0 Å². The van der Waals surface area contributed by atoms with Gasteiger partial charge in [0.2, 0.25) is 5.91 Å². The Morgan fingerprint density at radius 1 is 1.14 bits per heavy atom. The maximum atomic E-state index is 13.5. The lowest BCUT2D eigenvalue weighted by atomic mass is 9.84. The van der Waals surface area contributed by atoms with Crippen LogP contribution in [-0.2, 0) is 9.59 Å². The molecule has 1 aromatic rings. The zero-order valence-corrected chi connectivity index (χ0v) is 11.3. The van der Waals surface area contributed by atoms with Crippen molar-refractivity contribution in [2.24, 2.45) is 5.92 Å². The van der Waals surface area contributed by atoms with Crippen molar-refractivity contribution >= 4 is 11.9 Å². The first-order valence-electron chi connectivity index (χ1n) is 6.97. The van der Waals surface area contributed by atoms with Gasteiger partial charge in [-0.25, -0.2) is 8.78 Å². The van der Waals surface area contributed by atoms with Gasteiger partial charge in [0, 0.05) is 18.5 Å². The minimum absolute atomic E-state index is 0.00372. The number of aliphatic carboxylic acids is 1. The van der Waals surface area contributed by atoms with E-state index in [1.807, 2.05) is 0 Å². The van der Waals surface area contributed by atoms with E-state index in [2.05, 4.69) is 0 Å². The Kier molecular flexibility index (Phi) is 3.39. The van der Waals surface area contributed by atoms with Gasteiger partial charge >= 0.3 is 5.97 Å². The molecule has 1 amide bonds. The molecule has 1 saturated carbocycles. The number of halogens is 2. The molecular weight excluding hydrogens is 280 g/mol. The van der Waals surface area contributed by atoms with Gasteiger partial charge in [-0.15, -0.1) is 0 Å². The number of piperidine rings is 1. The van der Waals surface area contributed by atoms with E-state index in [9.17, 15) is 23.5 Å². The predicted molar refractivity (Wildman–Crippen MR) is 69.3 cm³/mol. The summed E-state index contributed by atoms with van der Waals surface area (Å²) < 4.78 is 26.9. The highest BCUT2D eigenvalue weighted by Crippen LogP contribution is 2.43. The highest BCUT2D eigenvalue weighted by atomic mass is 19.1. The van der Waals surface area contributed by atoms with E-state index in [0.29, 0.717) is 0 Å². The smallest absolute Gasteiger partial charge is 0.308 e. The summed E-state index contributed by atoms with van der Waals surface area (Å²) in [6.45, 7) is 0. The highest BCUT2D eigenvalue weighted by molar-refractivity contribution is 5.82. The molecular formula is C15H15F2NO3. The topological polar surface area (TPSA) is 57.6 Å². The first kappa shape index (κ1) is 14.0. The van der Waals surface area contributed by atoms with Gasteiger partial charge in [-0.3, -0.25) is 9.59 Å². The highest BCUT2D eigenvalue weighted by Gasteiger charge is 2.46. The van der Waals surface area contributed by atoms with E-state index in [1.54, 1.807) is 0 Å².